The Labute approximate surface area is 368 Å². The molecule has 0 bridgehead atoms. The van der Waals surface area contributed by atoms with Gasteiger partial charge in [-0.2, -0.15) is 0 Å². The monoisotopic (exact) mass is 862 g/mol. The molecule has 0 N–H and O–H groups in total. The van der Waals surface area contributed by atoms with Crippen molar-refractivity contribution in [2.75, 3.05) is 47.5 Å². The van der Waals surface area contributed by atoms with Crippen LogP contribution in [0.15, 0.2) is 72.9 Å². The number of phosphoric ester groups is 1. The van der Waals surface area contributed by atoms with E-state index in [1.807, 2.05) is 21.1 Å². The van der Waals surface area contributed by atoms with Crippen LogP contribution in [-0.4, -0.2) is 70.0 Å². The molecule has 0 aliphatic rings. The van der Waals surface area contributed by atoms with Crippen LogP contribution < -0.4 is 4.89 Å². The summed E-state index contributed by atoms with van der Waals surface area (Å²) in [6.07, 6.45) is 52.1. The first-order valence-corrected chi connectivity index (χ1v) is 25.1. The minimum atomic E-state index is -4.64. The van der Waals surface area contributed by atoms with Crippen molar-refractivity contribution in [3.63, 3.8) is 0 Å². The molecular weight excluding hydrogens is 774 g/mol. The summed E-state index contributed by atoms with van der Waals surface area (Å²) in [6, 6.07) is 0. The number of phosphoric acid groups is 1. The maximum atomic E-state index is 12.7. The Balaban J connectivity index is 4.40. The third kappa shape index (κ3) is 45.0. The molecule has 0 aromatic rings. The van der Waals surface area contributed by atoms with Gasteiger partial charge in [-0.1, -0.05) is 157 Å². The zero-order chi connectivity index (χ0) is 44.3. The van der Waals surface area contributed by atoms with E-state index in [-0.39, 0.29) is 26.1 Å². The Hall–Kier alpha value is -2.55. The average Bonchev–Trinajstić information content (AvgIpc) is 3.20. The second-order valence-corrected chi connectivity index (χ2v) is 18.1. The molecule has 0 fully saturated rings. The predicted molar refractivity (Wildman–Crippen MR) is 249 cm³/mol. The van der Waals surface area contributed by atoms with Gasteiger partial charge in [0.2, 0.25) is 0 Å². The summed E-state index contributed by atoms with van der Waals surface area (Å²) in [7, 11) is 1.13. The molecule has 0 aliphatic heterocycles. The lowest BCUT2D eigenvalue weighted by Crippen LogP contribution is -2.37. The Kier molecular flexibility index (Phi) is 40.0. The topological polar surface area (TPSA) is 111 Å². The van der Waals surface area contributed by atoms with Gasteiger partial charge in [-0.25, -0.2) is 0 Å². The Morgan fingerprint density at radius 2 is 0.950 bits per heavy atom. The molecule has 0 radical (unpaired) electrons. The lowest BCUT2D eigenvalue weighted by atomic mass is 10.1. The lowest BCUT2D eigenvalue weighted by Gasteiger charge is -2.28. The maximum Gasteiger partial charge on any atom is 0.306 e. The largest absolute Gasteiger partial charge is 0.756 e. The molecule has 0 aliphatic carbocycles. The number of allylic oxidation sites excluding steroid dienone is 12. The van der Waals surface area contributed by atoms with Crippen LogP contribution >= 0.6 is 7.82 Å². The highest BCUT2D eigenvalue weighted by molar-refractivity contribution is 7.45. The third-order valence-electron chi connectivity index (χ3n) is 9.71. The van der Waals surface area contributed by atoms with Gasteiger partial charge in [0.15, 0.2) is 6.10 Å². The van der Waals surface area contributed by atoms with E-state index in [0.29, 0.717) is 17.4 Å². The molecule has 0 saturated carbocycles. The highest BCUT2D eigenvalue weighted by Crippen LogP contribution is 2.38. The van der Waals surface area contributed by atoms with Gasteiger partial charge in [-0.05, 0) is 83.5 Å². The zero-order valence-corrected chi connectivity index (χ0v) is 39.8. The van der Waals surface area contributed by atoms with Crippen LogP contribution in [-0.2, 0) is 32.7 Å². The van der Waals surface area contributed by atoms with Crippen molar-refractivity contribution in [2.24, 2.45) is 0 Å². The van der Waals surface area contributed by atoms with E-state index < -0.39 is 32.5 Å². The summed E-state index contributed by atoms with van der Waals surface area (Å²) < 4.78 is 33.9. The summed E-state index contributed by atoms with van der Waals surface area (Å²) in [5, 5.41) is 0. The Morgan fingerprint density at radius 1 is 0.533 bits per heavy atom. The highest BCUT2D eigenvalue weighted by Gasteiger charge is 2.21. The van der Waals surface area contributed by atoms with Gasteiger partial charge >= 0.3 is 11.9 Å². The molecule has 0 amide bonds. The average molecular weight is 862 g/mol. The van der Waals surface area contributed by atoms with Gasteiger partial charge in [0, 0.05) is 12.8 Å². The molecule has 9 nitrogen and oxygen atoms in total. The van der Waals surface area contributed by atoms with Gasteiger partial charge in [-0.3, -0.25) is 14.2 Å². The molecule has 0 heterocycles. The molecule has 1 unspecified atom stereocenters. The number of nitrogens with zero attached hydrogens (tertiary/aromatic N) is 1. The van der Waals surface area contributed by atoms with Crippen molar-refractivity contribution in [1.82, 2.24) is 0 Å². The first kappa shape index (κ1) is 57.4. The minimum absolute atomic E-state index is 0.0416. The van der Waals surface area contributed by atoms with Gasteiger partial charge < -0.3 is 27.9 Å². The molecule has 2 atom stereocenters. The summed E-state index contributed by atoms with van der Waals surface area (Å²) >= 11 is 0. The lowest BCUT2D eigenvalue weighted by molar-refractivity contribution is -0.870. The van der Waals surface area contributed by atoms with Crippen LogP contribution in [0.4, 0.5) is 0 Å². The fraction of sp³-hybridized carbons (Fsp3) is 0.720. The van der Waals surface area contributed by atoms with Crippen LogP contribution in [0.3, 0.4) is 0 Å². The second-order valence-electron chi connectivity index (χ2n) is 16.7. The van der Waals surface area contributed by atoms with Gasteiger partial charge in [0.1, 0.15) is 19.8 Å². The van der Waals surface area contributed by atoms with Crippen molar-refractivity contribution < 1.29 is 42.1 Å². The summed E-state index contributed by atoms with van der Waals surface area (Å²) in [6.45, 7) is 4.06. The zero-order valence-electron chi connectivity index (χ0n) is 38.9. The van der Waals surface area contributed by atoms with Gasteiger partial charge in [-0.15, -0.1) is 0 Å². The van der Waals surface area contributed by atoms with E-state index in [2.05, 4.69) is 86.8 Å². The number of quaternary nitrogens is 1. The van der Waals surface area contributed by atoms with E-state index in [1.165, 1.54) is 64.2 Å². The standard InChI is InChI=1S/C50H88NO8P/c1-6-8-10-12-14-16-18-20-22-24-25-27-29-31-33-35-37-39-41-43-50(53)59-48(47-58-60(54,55)57-45-44-51(3,4)5)46-56-49(52)42-40-38-36-34-32-30-28-26-23-21-19-17-15-13-11-9-7-2/h8,10,14,16,20-23,25,27,31,33,48H,6-7,9,11-13,15,17-19,24,26,28-30,32,34-47H2,1-5H3/b10-8-,16-14-,22-20-,23-21-,27-25-,33-31-/t48-/m1/s1. The fourth-order valence-corrected chi connectivity index (χ4v) is 6.76. The molecule has 0 saturated heterocycles. The summed E-state index contributed by atoms with van der Waals surface area (Å²) in [4.78, 5) is 37.6. The quantitative estimate of drug-likeness (QED) is 0.0196. The van der Waals surface area contributed by atoms with Crippen molar-refractivity contribution in [3.05, 3.63) is 72.9 Å². The molecule has 0 spiro atoms. The molecule has 60 heavy (non-hydrogen) atoms. The first-order valence-electron chi connectivity index (χ1n) is 23.6. The van der Waals surface area contributed by atoms with Crippen molar-refractivity contribution in [1.29, 1.82) is 0 Å². The summed E-state index contributed by atoms with van der Waals surface area (Å²) in [5.74, 6) is -0.881. The van der Waals surface area contributed by atoms with E-state index >= 15 is 0 Å². The Bertz CT molecular complexity index is 1250. The molecule has 0 aromatic carbocycles. The Morgan fingerprint density at radius 3 is 1.45 bits per heavy atom. The molecule has 346 valence electrons. The van der Waals surface area contributed by atoms with Crippen molar-refractivity contribution in [3.8, 4) is 0 Å². The van der Waals surface area contributed by atoms with E-state index in [0.717, 1.165) is 83.5 Å². The van der Waals surface area contributed by atoms with Crippen LogP contribution in [0, 0.1) is 0 Å². The minimum Gasteiger partial charge on any atom is -0.756 e. The number of rotatable bonds is 42. The number of hydrogen-bond donors (Lipinski definition) is 0. The first-order chi connectivity index (χ1) is 29.0. The van der Waals surface area contributed by atoms with Crippen LogP contribution in [0.25, 0.3) is 0 Å². The van der Waals surface area contributed by atoms with E-state index in [4.69, 9.17) is 18.5 Å². The highest BCUT2D eigenvalue weighted by atomic mass is 31.2. The van der Waals surface area contributed by atoms with E-state index in [9.17, 15) is 19.0 Å². The SMILES string of the molecule is CC/C=C\C/C=C\C/C=C\C/C=C\C/C=C\CCCCCC(=O)O[C@H](COC(=O)CCCCCCCCC/C=C\CCCCCCCC)COP(=O)([O-])OCC[N+](C)(C)C. The smallest absolute Gasteiger partial charge is 0.306 e. The van der Waals surface area contributed by atoms with Crippen molar-refractivity contribution in [2.45, 2.75) is 187 Å². The van der Waals surface area contributed by atoms with Crippen LogP contribution in [0.1, 0.15) is 181 Å². The molecule has 0 rings (SSSR count). The fourth-order valence-electron chi connectivity index (χ4n) is 6.03. The van der Waals surface area contributed by atoms with E-state index in [1.54, 1.807) is 0 Å². The number of ether oxygens (including phenoxy) is 2. The van der Waals surface area contributed by atoms with Crippen molar-refractivity contribution >= 4 is 19.8 Å². The van der Waals surface area contributed by atoms with Gasteiger partial charge in [0.05, 0.1) is 27.7 Å². The third-order valence-corrected chi connectivity index (χ3v) is 10.7. The molecule has 0 aromatic heterocycles. The normalized spacial score (nSPS) is 14.2. The predicted octanol–water partition coefficient (Wildman–Crippen LogP) is 13.2. The molecular formula is C50H88NO8P. The van der Waals surface area contributed by atoms with Gasteiger partial charge in [0.25, 0.3) is 7.82 Å². The maximum absolute atomic E-state index is 12.7. The summed E-state index contributed by atoms with van der Waals surface area (Å²) in [5.41, 5.74) is 0. The number of unbranched alkanes of at least 4 members (excludes halogenated alkanes) is 16. The number of esters is 2. The number of likely N-dealkylation sites (N-methyl/N-ethyl adjacent to an activating group) is 1. The van der Waals surface area contributed by atoms with Crippen LogP contribution in [0.5, 0.6) is 0 Å². The number of carbonyl (C=O) groups is 2. The van der Waals surface area contributed by atoms with Crippen LogP contribution in [0.2, 0.25) is 0 Å². The molecule has 10 heteroatoms. The second kappa shape index (κ2) is 41.8. The number of carbonyl (C=O) groups excluding carboxylic acids is 2. The number of hydrogen-bond acceptors (Lipinski definition) is 8.